The Kier molecular flexibility index (Phi) is 6.79. The fraction of sp³-hybridized carbons (Fsp3) is 0.100. The molecule has 0 unspecified atom stereocenters. The van der Waals surface area contributed by atoms with Gasteiger partial charge in [-0.15, -0.1) is 6.58 Å². The molecule has 0 heterocycles. The van der Waals surface area contributed by atoms with Crippen LogP contribution in [0.3, 0.4) is 0 Å². The molecule has 0 saturated carbocycles. The van der Waals surface area contributed by atoms with Crippen LogP contribution in [0, 0.1) is 0 Å². The molecule has 2 nitrogen and oxygen atoms in total. The largest absolute Gasteiger partial charge is 0.392 e. The molecule has 1 N–H and O–H groups in total. The zero-order chi connectivity index (χ0) is 9.23. The van der Waals surface area contributed by atoms with E-state index in [4.69, 9.17) is 5.11 Å². The molecular formula is C10H12O2. The first-order chi connectivity index (χ1) is 5.85. The Morgan fingerprint density at radius 1 is 1.33 bits per heavy atom. The maximum absolute atomic E-state index is 10.0. The summed E-state index contributed by atoms with van der Waals surface area (Å²) in [5.41, 5.74) is 0.729. The second-order valence-electron chi connectivity index (χ2n) is 2.00. The summed E-state index contributed by atoms with van der Waals surface area (Å²) in [4.78, 5) is 10.0. The second-order valence-corrected chi connectivity index (χ2v) is 2.00. The summed E-state index contributed by atoms with van der Waals surface area (Å²) >= 11 is 0. The van der Waals surface area contributed by atoms with Crippen LogP contribution in [0.25, 0.3) is 0 Å². The van der Waals surface area contributed by atoms with Crippen LogP contribution in [0.5, 0.6) is 0 Å². The first kappa shape index (κ1) is 10.6. The maximum Gasteiger partial charge on any atom is 0.150 e. The molecule has 12 heavy (non-hydrogen) atoms. The lowest BCUT2D eigenvalue weighted by molar-refractivity contribution is 0.112. The SMILES string of the molecule is C=CCO.O=Cc1ccccc1. The maximum atomic E-state index is 10.0. The van der Waals surface area contributed by atoms with Crippen molar-refractivity contribution in [2.75, 3.05) is 6.61 Å². The van der Waals surface area contributed by atoms with Gasteiger partial charge >= 0.3 is 0 Å². The number of aliphatic hydroxyl groups excluding tert-OH is 1. The van der Waals surface area contributed by atoms with E-state index in [0.29, 0.717) is 0 Å². The van der Waals surface area contributed by atoms with Crippen molar-refractivity contribution in [1.82, 2.24) is 0 Å². The van der Waals surface area contributed by atoms with Gasteiger partial charge in [-0.05, 0) is 0 Å². The summed E-state index contributed by atoms with van der Waals surface area (Å²) in [5.74, 6) is 0. The molecule has 0 amide bonds. The average molecular weight is 164 g/mol. The first-order valence-electron chi connectivity index (χ1n) is 3.57. The molecule has 0 atom stereocenters. The number of rotatable bonds is 2. The van der Waals surface area contributed by atoms with E-state index in [-0.39, 0.29) is 6.61 Å². The van der Waals surface area contributed by atoms with Crippen LogP contribution in [0.1, 0.15) is 10.4 Å². The quantitative estimate of drug-likeness (QED) is 0.533. The molecule has 0 aliphatic carbocycles. The van der Waals surface area contributed by atoms with Gasteiger partial charge < -0.3 is 5.11 Å². The van der Waals surface area contributed by atoms with Crippen molar-refractivity contribution in [3.05, 3.63) is 48.6 Å². The summed E-state index contributed by atoms with van der Waals surface area (Å²) in [5, 5.41) is 7.76. The van der Waals surface area contributed by atoms with Crippen molar-refractivity contribution in [3.8, 4) is 0 Å². The molecule has 0 aliphatic heterocycles. The van der Waals surface area contributed by atoms with Crippen molar-refractivity contribution >= 4 is 6.29 Å². The Morgan fingerprint density at radius 2 is 1.83 bits per heavy atom. The fourth-order valence-corrected chi connectivity index (χ4v) is 0.532. The second kappa shape index (κ2) is 7.69. The minimum absolute atomic E-state index is 0.0833. The molecule has 1 aromatic carbocycles. The summed E-state index contributed by atoms with van der Waals surface area (Å²) in [6.07, 6.45) is 2.26. The van der Waals surface area contributed by atoms with Crippen LogP contribution in [-0.2, 0) is 0 Å². The van der Waals surface area contributed by atoms with Crippen LogP contribution in [0.15, 0.2) is 43.0 Å². The van der Waals surface area contributed by atoms with E-state index in [0.717, 1.165) is 11.8 Å². The Hall–Kier alpha value is -1.41. The predicted molar refractivity (Wildman–Crippen MR) is 49.1 cm³/mol. The average Bonchev–Trinajstić information content (AvgIpc) is 2.19. The van der Waals surface area contributed by atoms with E-state index >= 15 is 0 Å². The van der Waals surface area contributed by atoms with Gasteiger partial charge in [-0.1, -0.05) is 36.4 Å². The van der Waals surface area contributed by atoms with E-state index < -0.39 is 0 Å². The smallest absolute Gasteiger partial charge is 0.150 e. The third kappa shape index (κ3) is 5.38. The zero-order valence-corrected chi connectivity index (χ0v) is 6.81. The van der Waals surface area contributed by atoms with Gasteiger partial charge in [0.1, 0.15) is 6.29 Å². The van der Waals surface area contributed by atoms with Crippen LogP contribution >= 0.6 is 0 Å². The molecule has 0 bridgehead atoms. The van der Waals surface area contributed by atoms with E-state index in [1.807, 2.05) is 18.2 Å². The minimum Gasteiger partial charge on any atom is -0.392 e. The Morgan fingerprint density at radius 3 is 2.08 bits per heavy atom. The molecule has 1 aromatic rings. The van der Waals surface area contributed by atoms with Crippen molar-refractivity contribution in [2.24, 2.45) is 0 Å². The number of aliphatic hydroxyl groups is 1. The highest BCUT2D eigenvalue weighted by molar-refractivity contribution is 5.74. The minimum atomic E-state index is 0.0833. The Labute approximate surface area is 72.2 Å². The number of hydrogen-bond acceptors (Lipinski definition) is 2. The van der Waals surface area contributed by atoms with Crippen molar-refractivity contribution < 1.29 is 9.90 Å². The lowest BCUT2D eigenvalue weighted by Crippen LogP contribution is -1.73. The highest BCUT2D eigenvalue weighted by Gasteiger charge is 1.79. The Bertz CT molecular complexity index is 217. The number of carbonyl (C=O) groups excluding carboxylic acids is 1. The Balaban J connectivity index is 0.000000261. The first-order valence-corrected chi connectivity index (χ1v) is 3.57. The van der Waals surface area contributed by atoms with Gasteiger partial charge in [0.2, 0.25) is 0 Å². The monoisotopic (exact) mass is 164 g/mol. The third-order valence-corrected chi connectivity index (χ3v) is 1.06. The van der Waals surface area contributed by atoms with Crippen LogP contribution < -0.4 is 0 Å². The number of aldehydes is 1. The van der Waals surface area contributed by atoms with Crippen LogP contribution in [-0.4, -0.2) is 18.0 Å². The molecule has 0 aliphatic rings. The highest BCUT2D eigenvalue weighted by atomic mass is 16.2. The topological polar surface area (TPSA) is 37.3 Å². The van der Waals surface area contributed by atoms with E-state index in [2.05, 4.69) is 6.58 Å². The van der Waals surface area contributed by atoms with Crippen LogP contribution in [0.4, 0.5) is 0 Å². The standard InChI is InChI=1S/C7H6O.C3H6O/c8-6-7-4-2-1-3-5-7;1-2-3-4/h1-6H;2,4H,1,3H2. The van der Waals surface area contributed by atoms with Crippen molar-refractivity contribution in [2.45, 2.75) is 0 Å². The molecule has 64 valence electrons. The molecule has 0 saturated heterocycles. The van der Waals surface area contributed by atoms with Crippen LogP contribution in [0.2, 0.25) is 0 Å². The zero-order valence-electron chi connectivity index (χ0n) is 6.81. The number of carbonyl (C=O) groups is 1. The lowest BCUT2D eigenvalue weighted by atomic mass is 10.2. The summed E-state index contributed by atoms with van der Waals surface area (Å²) in [6, 6.07) is 9.10. The fourth-order valence-electron chi connectivity index (χ4n) is 0.532. The van der Waals surface area contributed by atoms with Gasteiger partial charge in [0.05, 0.1) is 6.61 Å². The van der Waals surface area contributed by atoms with Gasteiger partial charge in [-0.25, -0.2) is 0 Å². The van der Waals surface area contributed by atoms with E-state index in [9.17, 15) is 4.79 Å². The lowest BCUT2D eigenvalue weighted by Gasteiger charge is -1.81. The predicted octanol–water partition coefficient (Wildman–Crippen LogP) is 1.66. The highest BCUT2D eigenvalue weighted by Crippen LogP contribution is 1.91. The molecule has 0 aromatic heterocycles. The normalized spacial score (nSPS) is 7.75. The van der Waals surface area contributed by atoms with Gasteiger partial charge in [0.25, 0.3) is 0 Å². The van der Waals surface area contributed by atoms with Crippen molar-refractivity contribution in [3.63, 3.8) is 0 Å². The summed E-state index contributed by atoms with van der Waals surface area (Å²) in [6.45, 7) is 3.31. The van der Waals surface area contributed by atoms with E-state index in [1.54, 1.807) is 12.1 Å². The molecule has 1 rings (SSSR count). The summed E-state index contributed by atoms with van der Waals surface area (Å²) in [7, 11) is 0. The number of benzene rings is 1. The molecule has 0 radical (unpaired) electrons. The summed E-state index contributed by atoms with van der Waals surface area (Å²) < 4.78 is 0. The molecule has 2 heteroatoms. The number of hydrogen-bond donors (Lipinski definition) is 1. The molecule has 0 spiro atoms. The molecule has 0 fully saturated rings. The van der Waals surface area contributed by atoms with Gasteiger partial charge in [0, 0.05) is 5.56 Å². The van der Waals surface area contributed by atoms with Gasteiger partial charge in [0.15, 0.2) is 0 Å². The third-order valence-electron chi connectivity index (χ3n) is 1.06. The van der Waals surface area contributed by atoms with E-state index in [1.165, 1.54) is 6.08 Å². The van der Waals surface area contributed by atoms with Gasteiger partial charge in [-0.2, -0.15) is 0 Å². The van der Waals surface area contributed by atoms with Crippen molar-refractivity contribution in [1.29, 1.82) is 0 Å². The molecular weight excluding hydrogens is 152 g/mol. The van der Waals surface area contributed by atoms with Gasteiger partial charge in [-0.3, -0.25) is 4.79 Å².